The van der Waals surface area contributed by atoms with Gasteiger partial charge in [0.25, 0.3) is 11.6 Å². The van der Waals surface area contributed by atoms with Gasteiger partial charge in [0.2, 0.25) is 0 Å². The zero-order valence-electron chi connectivity index (χ0n) is 10.4. The van der Waals surface area contributed by atoms with Crippen LogP contribution >= 0.6 is 0 Å². The highest BCUT2D eigenvalue weighted by Gasteiger charge is 2.14. The highest BCUT2D eigenvalue weighted by atomic mass is 16.6. The summed E-state index contributed by atoms with van der Waals surface area (Å²) in [7, 11) is 0. The van der Waals surface area contributed by atoms with E-state index in [0.29, 0.717) is 6.54 Å². The minimum Gasteiger partial charge on any atom is -0.351 e. The summed E-state index contributed by atoms with van der Waals surface area (Å²) in [5.41, 5.74) is -0.0583. The molecule has 0 unspecified atom stereocenters. The third-order valence-corrected chi connectivity index (χ3v) is 2.33. The Morgan fingerprint density at radius 1 is 1.53 bits per heavy atom. The Balaban J connectivity index is 3.09. The maximum atomic E-state index is 11.6. The van der Waals surface area contributed by atoms with Crippen LogP contribution in [0.15, 0.2) is 29.8 Å². The van der Waals surface area contributed by atoms with Crippen molar-refractivity contribution in [3.63, 3.8) is 0 Å². The molecule has 0 fully saturated rings. The first-order chi connectivity index (χ1) is 9.10. The molecule has 0 aliphatic rings. The summed E-state index contributed by atoms with van der Waals surface area (Å²) in [4.78, 5) is 21.9. The summed E-state index contributed by atoms with van der Waals surface area (Å²) in [6.45, 7) is 2.34. The van der Waals surface area contributed by atoms with Gasteiger partial charge in [0, 0.05) is 12.6 Å². The fourth-order valence-corrected chi connectivity index (χ4v) is 1.41. The van der Waals surface area contributed by atoms with Gasteiger partial charge in [-0.25, -0.2) is 0 Å². The maximum Gasteiger partial charge on any atom is 0.276 e. The third kappa shape index (κ3) is 3.92. The van der Waals surface area contributed by atoms with E-state index in [4.69, 9.17) is 5.26 Å². The Kier molecular flexibility index (Phi) is 5.23. The Bertz CT molecular complexity index is 558. The van der Waals surface area contributed by atoms with Crippen LogP contribution in [-0.4, -0.2) is 17.4 Å². The number of benzene rings is 1. The lowest BCUT2D eigenvalue weighted by Gasteiger charge is -2.02. The van der Waals surface area contributed by atoms with E-state index < -0.39 is 10.8 Å². The van der Waals surface area contributed by atoms with Gasteiger partial charge in [-0.2, -0.15) is 5.26 Å². The topological polar surface area (TPSA) is 96.0 Å². The second-order valence-corrected chi connectivity index (χ2v) is 3.74. The molecule has 0 saturated heterocycles. The first-order valence-electron chi connectivity index (χ1n) is 5.73. The molecule has 0 aromatic heterocycles. The number of nitrogens with one attached hydrogen (secondary N) is 1. The van der Waals surface area contributed by atoms with Gasteiger partial charge in [-0.15, -0.1) is 0 Å². The van der Waals surface area contributed by atoms with Crippen LogP contribution in [0, 0.1) is 21.4 Å². The van der Waals surface area contributed by atoms with Gasteiger partial charge in [-0.1, -0.05) is 19.1 Å². The second-order valence-electron chi connectivity index (χ2n) is 3.74. The van der Waals surface area contributed by atoms with E-state index in [0.717, 1.165) is 6.42 Å². The molecule has 98 valence electrons. The molecule has 0 aliphatic heterocycles. The predicted molar refractivity (Wildman–Crippen MR) is 70.0 cm³/mol. The van der Waals surface area contributed by atoms with Gasteiger partial charge in [-0.05, 0) is 18.6 Å². The predicted octanol–water partition coefficient (Wildman–Crippen LogP) is 2.03. The SMILES string of the molecule is CCCNC(=O)/C(C#N)=C\c1ccccc1[N+](=O)[O-]. The number of nitro benzene ring substituents is 1. The van der Waals surface area contributed by atoms with E-state index in [1.54, 1.807) is 12.1 Å². The van der Waals surface area contributed by atoms with Crippen molar-refractivity contribution in [2.45, 2.75) is 13.3 Å². The van der Waals surface area contributed by atoms with Gasteiger partial charge in [0.05, 0.1) is 10.5 Å². The minimum atomic E-state index is -0.551. The monoisotopic (exact) mass is 259 g/mol. The number of amides is 1. The van der Waals surface area contributed by atoms with E-state index >= 15 is 0 Å². The Labute approximate surface area is 110 Å². The quantitative estimate of drug-likeness (QED) is 0.378. The summed E-state index contributed by atoms with van der Waals surface area (Å²) >= 11 is 0. The van der Waals surface area contributed by atoms with Crippen LogP contribution in [0.3, 0.4) is 0 Å². The van der Waals surface area contributed by atoms with Gasteiger partial charge in [0.15, 0.2) is 0 Å². The molecule has 19 heavy (non-hydrogen) atoms. The van der Waals surface area contributed by atoms with Gasteiger partial charge < -0.3 is 5.32 Å². The molecule has 1 aromatic rings. The molecule has 0 saturated carbocycles. The lowest BCUT2D eigenvalue weighted by molar-refractivity contribution is -0.385. The standard InChI is InChI=1S/C13H13N3O3/c1-2-7-15-13(17)11(9-14)8-10-5-3-4-6-12(10)16(18)19/h3-6,8H,2,7H2,1H3,(H,15,17)/b11-8-. The Morgan fingerprint density at radius 2 is 2.21 bits per heavy atom. The maximum absolute atomic E-state index is 11.6. The summed E-state index contributed by atoms with van der Waals surface area (Å²) < 4.78 is 0. The van der Waals surface area contributed by atoms with Crippen LogP contribution in [-0.2, 0) is 4.79 Å². The summed E-state index contributed by atoms with van der Waals surface area (Å²) in [6.07, 6.45) is 1.97. The van der Waals surface area contributed by atoms with Gasteiger partial charge in [0.1, 0.15) is 11.6 Å². The molecule has 0 aliphatic carbocycles. The summed E-state index contributed by atoms with van der Waals surface area (Å²) in [6, 6.07) is 7.70. The molecule has 0 heterocycles. The number of nitriles is 1. The Hall–Kier alpha value is -2.68. The number of hydrogen-bond acceptors (Lipinski definition) is 4. The molecule has 1 N–H and O–H groups in total. The third-order valence-electron chi connectivity index (χ3n) is 2.33. The lowest BCUT2D eigenvalue weighted by Crippen LogP contribution is -2.25. The van der Waals surface area contributed by atoms with Crippen molar-refractivity contribution in [1.82, 2.24) is 5.32 Å². The fraction of sp³-hybridized carbons (Fsp3) is 0.231. The highest BCUT2D eigenvalue weighted by molar-refractivity contribution is 6.02. The highest BCUT2D eigenvalue weighted by Crippen LogP contribution is 2.20. The fourth-order valence-electron chi connectivity index (χ4n) is 1.41. The first-order valence-corrected chi connectivity index (χ1v) is 5.73. The average Bonchev–Trinajstić information content (AvgIpc) is 2.42. The van der Waals surface area contributed by atoms with Crippen LogP contribution in [0.4, 0.5) is 5.69 Å². The summed E-state index contributed by atoms with van der Waals surface area (Å²) in [5.74, 6) is -0.525. The van der Waals surface area contributed by atoms with Gasteiger partial charge in [-0.3, -0.25) is 14.9 Å². The molecule has 1 amide bonds. The lowest BCUT2D eigenvalue weighted by atomic mass is 10.1. The number of carbonyl (C=O) groups excluding carboxylic acids is 1. The first kappa shape index (κ1) is 14.4. The normalized spacial score (nSPS) is 10.6. The van der Waals surface area contributed by atoms with Crippen molar-refractivity contribution in [2.75, 3.05) is 6.54 Å². The molecule has 0 atom stereocenters. The largest absolute Gasteiger partial charge is 0.351 e. The molecular weight excluding hydrogens is 246 g/mol. The van der Waals surface area contributed by atoms with Crippen LogP contribution < -0.4 is 5.32 Å². The van der Waals surface area contributed by atoms with Crippen molar-refractivity contribution >= 4 is 17.7 Å². The number of para-hydroxylation sites is 1. The molecule has 6 heteroatoms. The van der Waals surface area contributed by atoms with Crippen molar-refractivity contribution < 1.29 is 9.72 Å². The molecule has 6 nitrogen and oxygen atoms in total. The van der Waals surface area contributed by atoms with E-state index in [2.05, 4.69) is 5.32 Å². The number of carbonyl (C=O) groups is 1. The molecule has 1 rings (SSSR count). The van der Waals surface area contributed by atoms with Crippen LogP contribution in [0.5, 0.6) is 0 Å². The van der Waals surface area contributed by atoms with Crippen molar-refractivity contribution in [3.8, 4) is 6.07 Å². The van der Waals surface area contributed by atoms with Crippen molar-refractivity contribution in [1.29, 1.82) is 5.26 Å². The molecule has 0 radical (unpaired) electrons. The zero-order chi connectivity index (χ0) is 14.3. The minimum absolute atomic E-state index is 0.140. The van der Waals surface area contributed by atoms with Gasteiger partial charge >= 0.3 is 0 Å². The van der Waals surface area contributed by atoms with E-state index in [1.165, 1.54) is 24.3 Å². The molecule has 0 bridgehead atoms. The number of hydrogen-bond donors (Lipinski definition) is 1. The van der Waals surface area contributed by atoms with Crippen LogP contribution in [0.2, 0.25) is 0 Å². The van der Waals surface area contributed by atoms with Crippen LogP contribution in [0.1, 0.15) is 18.9 Å². The summed E-state index contributed by atoms with van der Waals surface area (Å²) in [5, 5.41) is 22.3. The molecular formula is C13H13N3O3. The Morgan fingerprint density at radius 3 is 2.79 bits per heavy atom. The van der Waals surface area contributed by atoms with E-state index in [1.807, 2.05) is 6.92 Å². The smallest absolute Gasteiger partial charge is 0.276 e. The van der Waals surface area contributed by atoms with Crippen molar-refractivity contribution in [2.24, 2.45) is 0 Å². The second kappa shape index (κ2) is 6.91. The van der Waals surface area contributed by atoms with E-state index in [-0.39, 0.29) is 16.8 Å². The number of rotatable bonds is 5. The average molecular weight is 259 g/mol. The van der Waals surface area contributed by atoms with Crippen molar-refractivity contribution in [3.05, 3.63) is 45.5 Å². The van der Waals surface area contributed by atoms with Crippen LogP contribution in [0.25, 0.3) is 6.08 Å². The number of nitro groups is 1. The molecule has 1 aromatic carbocycles. The number of nitrogens with zero attached hydrogens (tertiary/aromatic N) is 2. The molecule has 0 spiro atoms. The zero-order valence-corrected chi connectivity index (χ0v) is 10.4. The van der Waals surface area contributed by atoms with E-state index in [9.17, 15) is 14.9 Å².